The van der Waals surface area contributed by atoms with Crippen molar-refractivity contribution < 1.29 is 0 Å². The third kappa shape index (κ3) is 4.22. The Hall–Kier alpha value is -2.72. The molecule has 4 heteroatoms. The zero-order valence-corrected chi connectivity index (χ0v) is 15.4. The fourth-order valence-electron chi connectivity index (χ4n) is 2.72. The molecule has 0 heterocycles. The van der Waals surface area contributed by atoms with Crippen LogP contribution in [0.3, 0.4) is 0 Å². The summed E-state index contributed by atoms with van der Waals surface area (Å²) in [5.74, 6) is 0. The third-order valence-electron chi connectivity index (χ3n) is 4.12. The van der Waals surface area contributed by atoms with Crippen molar-refractivity contribution in [3.8, 4) is 0 Å². The van der Waals surface area contributed by atoms with Crippen molar-refractivity contribution in [3.63, 3.8) is 0 Å². The monoisotopic (exact) mass is 347 g/mol. The lowest BCUT2D eigenvalue weighted by Crippen LogP contribution is -2.25. The number of hydrazone groups is 1. The second-order valence-electron chi connectivity index (χ2n) is 6.14. The molecule has 25 heavy (non-hydrogen) atoms. The third-order valence-corrected chi connectivity index (χ3v) is 4.32. The van der Waals surface area contributed by atoms with E-state index in [9.17, 15) is 0 Å². The maximum Gasteiger partial charge on any atom is 0.191 e. The van der Waals surface area contributed by atoms with Gasteiger partial charge in [-0.25, -0.2) is 0 Å². The summed E-state index contributed by atoms with van der Waals surface area (Å²) in [4.78, 5) is 0. The Morgan fingerprint density at radius 2 is 1.68 bits per heavy atom. The van der Waals surface area contributed by atoms with Gasteiger partial charge in [-0.05, 0) is 67.0 Å². The van der Waals surface area contributed by atoms with E-state index < -0.39 is 0 Å². The number of aryl methyl sites for hydroxylation is 2. The van der Waals surface area contributed by atoms with E-state index in [0.29, 0.717) is 5.11 Å². The van der Waals surface area contributed by atoms with Crippen molar-refractivity contribution in [1.82, 2.24) is 5.43 Å². The first-order valence-electron chi connectivity index (χ1n) is 8.20. The van der Waals surface area contributed by atoms with Crippen LogP contribution in [0.15, 0.2) is 65.8 Å². The highest BCUT2D eigenvalue weighted by Gasteiger charge is 2.03. The lowest BCUT2D eigenvalue weighted by molar-refractivity contribution is 1.04. The summed E-state index contributed by atoms with van der Waals surface area (Å²) in [5.41, 5.74) is 8.25. The first kappa shape index (κ1) is 17.1. The van der Waals surface area contributed by atoms with E-state index in [1.54, 1.807) is 0 Å². The molecule has 0 aliphatic heterocycles. The van der Waals surface area contributed by atoms with E-state index in [0.717, 1.165) is 22.5 Å². The van der Waals surface area contributed by atoms with Gasteiger partial charge in [0, 0.05) is 5.69 Å². The molecule has 3 rings (SSSR count). The van der Waals surface area contributed by atoms with Gasteiger partial charge in [0.2, 0.25) is 0 Å². The number of benzene rings is 3. The lowest BCUT2D eigenvalue weighted by atomic mass is 10.0. The summed E-state index contributed by atoms with van der Waals surface area (Å²) >= 11 is 5.34. The normalized spacial score (nSPS) is 11.4. The number of nitrogens with zero attached hydrogens (tertiary/aromatic N) is 1. The standard InChI is InChI=1S/C21H21N3S/c1-14-8-11-20(15(2)12-14)22-21(25)24-23-16(3)18-10-9-17-6-4-5-7-19(17)13-18/h4-13H,1-3H3,(H2,22,24,25). The van der Waals surface area contributed by atoms with E-state index in [4.69, 9.17) is 12.2 Å². The summed E-state index contributed by atoms with van der Waals surface area (Å²) in [6.45, 7) is 6.10. The molecular weight excluding hydrogens is 326 g/mol. The predicted octanol–water partition coefficient (Wildman–Crippen LogP) is 5.17. The summed E-state index contributed by atoms with van der Waals surface area (Å²) in [6, 6.07) is 20.8. The molecule has 0 radical (unpaired) electrons. The van der Waals surface area contributed by atoms with Crippen LogP contribution in [-0.4, -0.2) is 10.8 Å². The summed E-state index contributed by atoms with van der Waals surface area (Å²) in [6.07, 6.45) is 0. The fraction of sp³-hybridized carbons (Fsp3) is 0.143. The van der Waals surface area contributed by atoms with Crippen molar-refractivity contribution in [3.05, 3.63) is 77.4 Å². The molecule has 3 aromatic carbocycles. The van der Waals surface area contributed by atoms with Gasteiger partial charge < -0.3 is 5.32 Å². The van der Waals surface area contributed by atoms with E-state index in [2.05, 4.69) is 72.2 Å². The van der Waals surface area contributed by atoms with Crippen molar-refractivity contribution in [2.24, 2.45) is 5.10 Å². The number of fused-ring (bicyclic) bond motifs is 1. The molecule has 0 fully saturated rings. The molecule has 0 aliphatic carbocycles. The Balaban J connectivity index is 1.70. The van der Waals surface area contributed by atoms with Crippen molar-refractivity contribution in [2.75, 3.05) is 5.32 Å². The summed E-state index contributed by atoms with van der Waals surface area (Å²) < 4.78 is 0. The molecule has 2 N–H and O–H groups in total. The molecule has 3 nitrogen and oxygen atoms in total. The van der Waals surface area contributed by atoms with Gasteiger partial charge in [-0.2, -0.15) is 5.10 Å². The van der Waals surface area contributed by atoms with E-state index in [1.165, 1.54) is 16.3 Å². The van der Waals surface area contributed by atoms with Crippen LogP contribution >= 0.6 is 12.2 Å². The number of anilines is 1. The predicted molar refractivity (Wildman–Crippen MR) is 111 cm³/mol. The number of hydrogen-bond donors (Lipinski definition) is 2. The van der Waals surface area contributed by atoms with E-state index >= 15 is 0 Å². The van der Waals surface area contributed by atoms with Crippen molar-refractivity contribution in [2.45, 2.75) is 20.8 Å². The highest BCUT2D eigenvalue weighted by atomic mass is 32.1. The molecule has 0 bridgehead atoms. The van der Waals surface area contributed by atoms with E-state index in [-0.39, 0.29) is 0 Å². The minimum absolute atomic E-state index is 0.479. The van der Waals surface area contributed by atoms with Crippen LogP contribution < -0.4 is 10.7 Å². The fourth-order valence-corrected chi connectivity index (χ4v) is 2.87. The molecular formula is C21H21N3S. The molecule has 126 valence electrons. The smallest absolute Gasteiger partial charge is 0.191 e. The number of thiocarbonyl (C=S) groups is 1. The maximum absolute atomic E-state index is 5.34. The van der Waals surface area contributed by atoms with Gasteiger partial charge in [0.25, 0.3) is 0 Å². The minimum atomic E-state index is 0.479. The van der Waals surface area contributed by atoms with Crippen molar-refractivity contribution in [1.29, 1.82) is 0 Å². The highest BCUT2D eigenvalue weighted by molar-refractivity contribution is 7.80. The van der Waals surface area contributed by atoms with Crippen LogP contribution in [0.1, 0.15) is 23.6 Å². The van der Waals surface area contributed by atoms with Gasteiger partial charge in [0.05, 0.1) is 5.71 Å². The summed E-state index contributed by atoms with van der Waals surface area (Å²) in [7, 11) is 0. The number of nitrogens with one attached hydrogen (secondary N) is 2. The molecule has 0 unspecified atom stereocenters. The zero-order valence-electron chi connectivity index (χ0n) is 14.6. The maximum atomic E-state index is 5.34. The van der Waals surface area contributed by atoms with Crippen LogP contribution in [0.5, 0.6) is 0 Å². The zero-order chi connectivity index (χ0) is 17.8. The second-order valence-corrected chi connectivity index (χ2v) is 6.55. The van der Waals surface area contributed by atoms with Gasteiger partial charge in [0.15, 0.2) is 5.11 Å². The van der Waals surface area contributed by atoms with Crippen LogP contribution in [0.2, 0.25) is 0 Å². The molecule has 0 aliphatic rings. The van der Waals surface area contributed by atoms with Gasteiger partial charge >= 0.3 is 0 Å². The largest absolute Gasteiger partial charge is 0.331 e. The Bertz CT molecular complexity index is 960. The number of hydrogen-bond acceptors (Lipinski definition) is 2. The molecule has 0 spiro atoms. The molecule has 0 atom stereocenters. The van der Waals surface area contributed by atoms with Gasteiger partial charge in [0.1, 0.15) is 0 Å². The van der Waals surface area contributed by atoms with E-state index in [1.807, 2.05) is 25.1 Å². The molecule has 0 amide bonds. The van der Waals surface area contributed by atoms with Gasteiger partial charge in [-0.1, -0.05) is 54.1 Å². The first-order valence-corrected chi connectivity index (χ1v) is 8.61. The van der Waals surface area contributed by atoms with Crippen LogP contribution in [0.4, 0.5) is 5.69 Å². The van der Waals surface area contributed by atoms with Gasteiger partial charge in [-0.3, -0.25) is 5.43 Å². The Labute approximate surface area is 153 Å². The Morgan fingerprint density at radius 1 is 0.920 bits per heavy atom. The van der Waals surface area contributed by atoms with Gasteiger partial charge in [-0.15, -0.1) is 0 Å². The second kappa shape index (κ2) is 7.45. The molecule has 0 aromatic heterocycles. The Morgan fingerprint density at radius 3 is 2.44 bits per heavy atom. The molecule has 0 saturated heterocycles. The first-order chi connectivity index (χ1) is 12.0. The SMILES string of the molecule is CC(=NNC(=S)Nc1ccc(C)cc1C)c1ccc2ccccc2c1. The highest BCUT2D eigenvalue weighted by Crippen LogP contribution is 2.17. The Kier molecular flexibility index (Phi) is 5.10. The van der Waals surface area contributed by atoms with Crippen molar-refractivity contribution >= 4 is 39.5 Å². The summed E-state index contributed by atoms with van der Waals surface area (Å²) in [5, 5.41) is 10.5. The minimum Gasteiger partial charge on any atom is -0.331 e. The average Bonchev–Trinajstić information content (AvgIpc) is 2.61. The molecule has 0 saturated carbocycles. The van der Waals surface area contributed by atoms with Crippen LogP contribution in [0.25, 0.3) is 10.8 Å². The number of rotatable bonds is 3. The van der Waals surface area contributed by atoms with Crippen LogP contribution in [0, 0.1) is 13.8 Å². The lowest BCUT2D eigenvalue weighted by Gasteiger charge is -2.11. The average molecular weight is 347 g/mol. The topological polar surface area (TPSA) is 36.4 Å². The quantitative estimate of drug-likeness (QED) is 0.390. The molecule has 3 aromatic rings. The van der Waals surface area contributed by atoms with Crippen LogP contribution in [-0.2, 0) is 0 Å².